The second kappa shape index (κ2) is 9.44. The normalized spacial score (nSPS) is 13.6. The lowest BCUT2D eigenvalue weighted by molar-refractivity contribution is 0.0940. The van der Waals surface area contributed by atoms with Crippen molar-refractivity contribution in [2.75, 3.05) is 11.9 Å². The third-order valence-corrected chi connectivity index (χ3v) is 5.89. The number of rotatable bonds is 8. The Labute approximate surface area is 212 Å². The van der Waals surface area contributed by atoms with Crippen LogP contribution in [0.25, 0.3) is 16.9 Å². The van der Waals surface area contributed by atoms with Gasteiger partial charge in [-0.05, 0) is 51.3 Å². The predicted octanol–water partition coefficient (Wildman–Crippen LogP) is 4.85. The molecule has 1 saturated carbocycles. The lowest BCUT2D eigenvalue weighted by Crippen LogP contribution is -2.29. The van der Waals surface area contributed by atoms with Gasteiger partial charge in [0.25, 0.3) is 5.91 Å². The molecule has 0 bridgehead atoms. The summed E-state index contributed by atoms with van der Waals surface area (Å²) in [5.41, 5.74) is 2.74. The van der Waals surface area contributed by atoms with E-state index in [9.17, 15) is 18.7 Å². The van der Waals surface area contributed by atoms with Crippen LogP contribution in [-0.2, 0) is 0 Å². The van der Waals surface area contributed by atoms with Crippen LogP contribution in [0.2, 0.25) is 0 Å². The van der Waals surface area contributed by atoms with Crippen LogP contribution < -0.4 is 15.4 Å². The summed E-state index contributed by atoms with van der Waals surface area (Å²) >= 11 is 0. The maximum absolute atomic E-state index is 13.7. The molecule has 1 aliphatic carbocycles. The smallest absolute Gasteiger partial charge is 0.251 e. The molecule has 1 amide bonds. The van der Waals surface area contributed by atoms with Gasteiger partial charge in [0.05, 0.1) is 23.2 Å². The van der Waals surface area contributed by atoms with Crippen molar-refractivity contribution in [3.8, 4) is 22.9 Å². The molecule has 2 aromatic carbocycles. The zero-order chi connectivity index (χ0) is 26.3. The molecule has 0 radical (unpaired) electrons. The second-order valence-corrected chi connectivity index (χ2v) is 9.93. The van der Waals surface area contributed by atoms with Crippen LogP contribution in [0, 0.1) is 18.6 Å². The van der Waals surface area contributed by atoms with Gasteiger partial charge in [0.15, 0.2) is 5.65 Å². The average molecular weight is 508 g/mol. The maximum atomic E-state index is 13.7. The van der Waals surface area contributed by atoms with E-state index in [1.807, 2.05) is 19.1 Å². The maximum Gasteiger partial charge on any atom is 0.251 e. The number of nitrogens with zero attached hydrogens (tertiary/aromatic N) is 3. The van der Waals surface area contributed by atoms with Crippen LogP contribution in [0.4, 0.5) is 14.5 Å². The summed E-state index contributed by atoms with van der Waals surface area (Å²) < 4.78 is 34.7. The number of benzene rings is 2. The van der Waals surface area contributed by atoms with E-state index in [4.69, 9.17) is 4.74 Å². The largest absolute Gasteiger partial charge is 0.437 e. The molecule has 1 aliphatic rings. The van der Waals surface area contributed by atoms with Crippen LogP contribution in [0.1, 0.15) is 42.6 Å². The summed E-state index contributed by atoms with van der Waals surface area (Å²) in [5, 5.41) is 20.9. The van der Waals surface area contributed by atoms with E-state index in [1.165, 1.54) is 0 Å². The Bertz CT molecular complexity index is 1470. The topological polar surface area (TPSA) is 101 Å². The quantitative estimate of drug-likeness (QED) is 0.315. The number of aliphatic hydroxyl groups is 1. The van der Waals surface area contributed by atoms with Gasteiger partial charge in [0.1, 0.15) is 17.4 Å². The highest BCUT2D eigenvalue weighted by molar-refractivity contribution is 5.96. The molecular weight excluding hydrogens is 480 g/mol. The fraction of sp³-hybridized carbons (Fsp3) is 0.296. The number of carbonyl (C=O) groups excluding carboxylic acids is 1. The molecule has 10 heteroatoms. The minimum Gasteiger partial charge on any atom is -0.437 e. The SMILES string of the molecule is Cc1cc(-c2cnc3c(NCC(C)(C)O)cc(Oc4cc(F)cc(F)c4)nn23)ccc1C(=O)NC1CC1. The molecule has 37 heavy (non-hydrogen) atoms. The fourth-order valence-corrected chi connectivity index (χ4v) is 3.91. The Morgan fingerprint density at radius 1 is 1.16 bits per heavy atom. The summed E-state index contributed by atoms with van der Waals surface area (Å²) in [5.74, 6) is -1.64. The zero-order valence-corrected chi connectivity index (χ0v) is 20.7. The number of aromatic nitrogens is 3. The number of amides is 1. The molecule has 0 spiro atoms. The Morgan fingerprint density at radius 3 is 2.54 bits per heavy atom. The Morgan fingerprint density at radius 2 is 1.89 bits per heavy atom. The summed E-state index contributed by atoms with van der Waals surface area (Å²) in [6, 6.07) is 10.2. The van der Waals surface area contributed by atoms with E-state index in [2.05, 4.69) is 20.7 Å². The van der Waals surface area contributed by atoms with Crippen LogP contribution in [0.15, 0.2) is 48.7 Å². The second-order valence-electron chi connectivity index (χ2n) is 9.93. The number of halogens is 2. The van der Waals surface area contributed by atoms with Gasteiger partial charge < -0.3 is 20.5 Å². The van der Waals surface area contributed by atoms with Gasteiger partial charge in [-0.2, -0.15) is 0 Å². The van der Waals surface area contributed by atoms with Crippen molar-refractivity contribution in [1.29, 1.82) is 0 Å². The number of hydrogen-bond donors (Lipinski definition) is 3. The van der Waals surface area contributed by atoms with E-state index in [1.54, 1.807) is 36.7 Å². The highest BCUT2D eigenvalue weighted by Gasteiger charge is 2.25. The van der Waals surface area contributed by atoms with Crippen molar-refractivity contribution < 1.29 is 23.4 Å². The van der Waals surface area contributed by atoms with Gasteiger partial charge in [-0.15, -0.1) is 5.10 Å². The van der Waals surface area contributed by atoms with Crippen LogP contribution >= 0.6 is 0 Å². The first kappa shape index (κ1) is 24.6. The van der Waals surface area contributed by atoms with E-state index < -0.39 is 17.2 Å². The van der Waals surface area contributed by atoms with Crippen molar-refractivity contribution in [1.82, 2.24) is 19.9 Å². The Hall–Kier alpha value is -4.05. The van der Waals surface area contributed by atoms with Crippen LogP contribution in [0.3, 0.4) is 0 Å². The molecule has 192 valence electrons. The molecule has 3 N–H and O–H groups in total. The van der Waals surface area contributed by atoms with E-state index in [0.29, 0.717) is 22.6 Å². The number of carbonyl (C=O) groups is 1. The molecular formula is C27H27F2N5O3. The zero-order valence-electron chi connectivity index (χ0n) is 20.7. The van der Waals surface area contributed by atoms with Crippen molar-refractivity contribution in [2.45, 2.75) is 45.3 Å². The minimum absolute atomic E-state index is 0.0543. The van der Waals surface area contributed by atoms with Crippen LogP contribution in [0.5, 0.6) is 11.6 Å². The number of anilines is 1. The van der Waals surface area contributed by atoms with E-state index in [-0.39, 0.29) is 30.1 Å². The third-order valence-electron chi connectivity index (χ3n) is 5.89. The predicted molar refractivity (Wildman–Crippen MR) is 135 cm³/mol. The molecule has 5 rings (SSSR count). The average Bonchev–Trinajstić information content (AvgIpc) is 3.51. The molecule has 4 aromatic rings. The Balaban J connectivity index is 1.54. The first-order chi connectivity index (χ1) is 17.6. The summed E-state index contributed by atoms with van der Waals surface area (Å²) in [6.45, 7) is 5.39. The van der Waals surface area contributed by atoms with Gasteiger partial charge in [-0.1, -0.05) is 6.07 Å². The van der Waals surface area contributed by atoms with E-state index >= 15 is 0 Å². The lowest BCUT2D eigenvalue weighted by atomic mass is 10.0. The number of nitrogens with one attached hydrogen (secondary N) is 2. The summed E-state index contributed by atoms with van der Waals surface area (Å²) in [6.07, 6.45) is 3.65. The van der Waals surface area contributed by atoms with Gasteiger partial charge in [0.2, 0.25) is 5.88 Å². The first-order valence-corrected chi connectivity index (χ1v) is 12.0. The Kier molecular flexibility index (Phi) is 6.28. The van der Waals surface area contributed by atoms with E-state index in [0.717, 1.165) is 42.2 Å². The molecule has 1 fully saturated rings. The van der Waals surface area contributed by atoms with Crippen molar-refractivity contribution in [3.05, 3.63) is 71.4 Å². The molecule has 2 aromatic heterocycles. The fourth-order valence-electron chi connectivity index (χ4n) is 3.91. The van der Waals surface area contributed by atoms with Crippen molar-refractivity contribution >= 4 is 17.2 Å². The molecule has 8 nitrogen and oxygen atoms in total. The number of aryl methyl sites for hydroxylation is 1. The van der Waals surface area contributed by atoms with Crippen LogP contribution in [-0.4, -0.2) is 43.8 Å². The molecule has 0 saturated heterocycles. The highest BCUT2D eigenvalue weighted by atomic mass is 19.1. The molecule has 0 atom stereocenters. The number of ether oxygens (including phenoxy) is 1. The van der Waals surface area contributed by atoms with Gasteiger partial charge in [-0.25, -0.2) is 18.3 Å². The number of imidazole rings is 1. The lowest BCUT2D eigenvalue weighted by Gasteiger charge is -2.19. The standard InChI is InChI=1S/C27H27F2N5O3/c1-15-8-16(4-7-21(15)26(35)32-19-5-6-19)23-13-30-25-22(31-14-27(2,3)36)12-24(33-34(23)25)37-20-10-17(28)9-18(29)11-20/h4,7-13,19,31,36H,5-6,14H2,1-3H3,(H,32,35). The first-order valence-electron chi connectivity index (χ1n) is 12.0. The minimum atomic E-state index is -1.02. The van der Waals surface area contributed by atoms with Gasteiger partial charge >= 0.3 is 0 Å². The third kappa shape index (κ3) is 5.69. The summed E-state index contributed by atoms with van der Waals surface area (Å²) in [4.78, 5) is 17.1. The van der Waals surface area contributed by atoms with Gasteiger partial charge in [0, 0.05) is 48.0 Å². The molecule has 0 unspecified atom stereocenters. The molecule has 2 heterocycles. The van der Waals surface area contributed by atoms with Crippen molar-refractivity contribution in [2.24, 2.45) is 0 Å². The summed E-state index contributed by atoms with van der Waals surface area (Å²) in [7, 11) is 0. The van der Waals surface area contributed by atoms with Gasteiger partial charge in [-0.3, -0.25) is 4.79 Å². The number of fused-ring (bicyclic) bond motifs is 1. The number of hydrogen-bond acceptors (Lipinski definition) is 6. The monoisotopic (exact) mass is 507 g/mol. The van der Waals surface area contributed by atoms with Crippen molar-refractivity contribution in [3.63, 3.8) is 0 Å². The molecule has 0 aliphatic heterocycles. The highest BCUT2D eigenvalue weighted by Crippen LogP contribution is 2.31.